The van der Waals surface area contributed by atoms with E-state index in [1.807, 2.05) is 24.1 Å². The molecule has 1 saturated heterocycles. The minimum atomic E-state index is 0.0323. The molecular weight excluding hydrogens is 328 g/mol. The first kappa shape index (κ1) is 18.5. The monoisotopic (exact) mass is 356 g/mol. The summed E-state index contributed by atoms with van der Waals surface area (Å²) in [5, 5.41) is 0. The summed E-state index contributed by atoms with van der Waals surface area (Å²) in [6.45, 7) is 3.98. The number of carbonyl (C=O) groups is 1. The van der Waals surface area contributed by atoms with Crippen LogP contribution in [0.25, 0.3) is 0 Å². The molecule has 0 aliphatic carbocycles. The molecule has 1 amide bonds. The lowest BCUT2D eigenvalue weighted by molar-refractivity contribution is 0.0729. The average molecular weight is 356 g/mol. The molecule has 0 saturated carbocycles. The minimum Gasteiger partial charge on any atom is -0.496 e. The van der Waals surface area contributed by atoms with Crippen LogP contribution >= 0.6 is 0 Å². The molecule has 1 aromatic heterocycles. The van der Waals surface area contributed by atoms with Crippen LogP contribution in [0.1, 0.15) is 28.8 Å². The second-order valence-corrected chi connectivity index (χ2v) is 7.07. The molecule has 3 rings (SSSR count). The van der Waals surface area contributed by atoms with Gasteiger partial charge < -0.3 is 19.0 Å². The zero-order valence-corrected chi connectivity index (χ0v) is 15.7. The van der Waals surface area contributed by atoms with E-state index in [-0.39, 0.29) is 5.91 Å². The van der Waals surface area contributed by atoms with Crippen LogP contribution < -0.4 is 4.74 Å². The summed E-state index contributed by atoms with van der Waals surface area (Å²) >= 11 is 0. The van der Waals surface area contributed by atoms with Crippen molar-refractivity contribution in [1.82, 2.24) is 9.80 Å². The fourth-order valence-electron chi connectivity index (χ4n) is 3.77. The van der Waals surface area contributed by atoms with Gasteiger partial charge in [0.25, 0.3) is 5.91 Å². The highest BCUT2D eigenvalue weighted by Gasteiger charge is 2.23. The van der Waals surface area contributed by atoms with Gasteiger partial charge in [-0.1, -0.05) is 18.2 Å². The van der Waals surface area contributed by atoms with Gasteiger partial charge in [-0.15, -0.1) is 0 Å². The molecule has 1 atom stereocenters. The number of likely N-dealkylation sites (tertiary alicyclic amines) is 1. The Kier molecular flexibility index (Phi) is 6.34. The van der Waals surface area contributed by atoms with E-state index < -0.39 is 0 Å². The summed E-state index contributed by atoms with van der Waals surface area (Å²) in [4.78, 5) is 16.7. The van der Waals surface area contributed by atoms with Gasteiger partial charge in [-0.3, -0.25) is 4.79 Å². The number of ether oxygens (including phenoxy) is 1. The maximum atomic E-state index is 12.4. The third-order valence-electron chi connectivity index (χ3n) is 5.14. The summed E-state index contributed by atoms with van der Waals surface area (Å²) in [6, 6.07) is 9.95. The Morgan fingerprint density at radius 2 is 2.19 bits per heavy atom. The van der Waals surface area contributed by atoms with Crippen LogP contribution in [-0.2, 0) is 6.42 Å². The Hall–Kier alpha value is -2.27. The van der Waals surface area contributed by atoms with E-state index in [2.05, 4.69) is 17.0 Å². The van der Waals surface area contributed by atoms with E-state index in [1.54, 1.807) is 19.4 Å². The van der Waals surface area contributed by atoms with Crippen LogP contribution in [0.5, 0.6) is 5.75 Å². The second kappa shape index (κ2) is 8.90. The number of methoxy groups -OCH3 is 1. The number of carbonyl (C=O) groups excluding carboxylic acids is 1. The Labute approximate surface area is 155 Å². The summed E-state index contributed by atoms with van der Waals surface area (Å²) in [5.41, 5.74) is 1.88. The normalized spacial score (nSPS) is 17.8. The van der Waals surface area contributed by atoms with Crippen LogP contribution in [0.4, 0.5) is 0 Å². The zero-order chi connectivity index (χ0) is 18.4. The van der Waals surface area contributed by atoms with Gasteiger partial charge >= 0.3 is 0 Å². The lowest BCUT2D eigenvalue weighted by atomic mass is 9.97. The topological polar surface area (TPSA) is 45.9 Å². The second-order valence-electron chi connectivity index (χ2n) is 7.07. The predicted molar refractivity (Wildman–Crippen MR) is 102 cm³/mol. The van der Waals surface area contributed by atoms with Gasteiger partial charge in [0.1, 0.15) is 12.0 Å². The molecule has 5 heteroatoms. The number of furan rings is 1. The van der Waals surface area contributed by atoms with Crippen molar-refractivity contribution in [3.05, 3.63) is 54.0 Å². The molecule has 0 unspecified atom stereocenters. The van der Waals surface area contributed by atoms with Gasteiger partial charge in [0.15, 0.2) is 0 Å². The molecule has 1 aliphatic rings. The van der Waals surface area contributed by atoms with Crippen molar-refractivity contribution in [3.63, 3.8) is 0 Å². The number of hydrogen-bond donors (Lipinski definition) is 0. The van der Waals surface area contributed by atoms with E-state index in [0.717, 1.165) is 38.3 Å². The fourth-order valence-corrected chi connectivity index (χ4v) is 3.77. The van der Waals surface area contributed by atoms with Crippen LogP contribution in [-0.4, -0.2) is 56.0 Å². The van der Waals surface area contributed by atoms with Crippen molar-refractivity contribution in [2.24, 2.45) is 5.92 Å². The highest BCUT2D eigenvalue weighted by molar-refractivity contribution is 5.93. The molecular formula is C21H28N2O3. The standard InChI is InChI=1S/C21H28N2O3/c1-22(21(24)19-10-13-26-16-19)14-17-6-5-11-23(15-17)12-9-18-7-3-4-8-20(18)25-2/h3-4,7-8,10,13,16-17H,5-6,9,11-12,14-15H2,1-2H3/t17-/m0/s1. The van der Waals surface area contributed by atoms with E-state index in [1.165, 1.54) is 24.7 Å². The Balaban J connectivity index is 1.50. The zero-order valence-electron chi connectivity index (χ0n) is 15.7. The molecule has 1 aliphatic heterocycles. The average Bonchev–Trinajstić information content (AvgIpc) is 3.21. The van der Waals surface area contributed by atoms with Crippen molar-refractivity contribution >= 4 is 5.91 Å². The Morgan fingerprint density at radius 1 is 1.35 bits per heavy atom. The maximum Gasteiger partial charge on any atom is 0.256 e. The SMILES string of the molecule is COc1ccccc1CCN1CCC[C@@H](CN(C)C(=O)c2ccoc2)C1. The van der Waals surface area contributed by atoms with Gasteiger partial charge in [0, 0.05) is 26.7 Å². The number of benzene rings is 1. The lowest BCUT2D eigenvalue weighted by Crippen LogP contribution is -2.42. The van der Waals surface area contributed by atoms with Crippen molar-refractivity contribution < 1.29 is 13.9 Å². The molecule has 2 aromatic rings. The third kappa shape index (κ3) is 4.67. The number of amides is 1. The highest BCUT2D eigenvalue weighted by atomic mass is 16.5. The molecule has 0 N–H and O–H groups in total. The van der Waals surface area contributed by atoms with E-state index >= 15 is 0 Å². The van der Waals surface area contributed by atoms with Gasteiger partial charge in [0.05, 0.1) is 18.9 Å². The Morgan fingerprint density at radius 3 is 2.96 bits per heavy atom. The van der Waals surface area contributed by atoms with Crippen molar-refractivity contribution in [3.8, 4) is 5.75 Å². The van der Waals surface area contributed by atoms with Crippen LogP contribution in [0.3, 0.4) is 0 Å². The summed E-state index contributed by atoms with van der Waals surface area (Å²) in [5.74, 6) is 1.51. The van der Waals surface area contributed by atoms with Crippen LogP contribution in [0.15, 0.2) is 47.3 Å². The summed E-state index contributed by atoms with van der Waals surface area (Å²) < 4.78 is 10.5. The molecule has 140 valence electrons. The number of para-hydroxylation sites is 1. The van der Waals surface area contributed by atoms with E-state index in [0.29, 0.717) is 11.5 Å². The first-order chi connectivity index (χ1) is 12.7. The quantitative estimate of drug-likeness (QED) is 0.763. The molecule has 1 fully saturated rings. The van der Waals surface area contributed by atoms with Crippen LogP contribution in [0.2, 0.25) is 0 Å². The highest BCUT2D eigenvalue weighted by Crippen LogP contribution is 2.21. The van der Waals surface area contributed by atoms with Gasteiger partial charge in [-0.25, -0.2) is 0 Å². The van der Waals surface area contributed by atoms with Gasteiger partial charge in [-0.2, -0.15) is 0 Å². The van der Waals surface area contributed by atoms with E-state index in [9.17, 15) is 4.79 Å². The number of nitrogens with zero attached hydrogens (tertiary/aromatic N) is 2. The lowest BCUT2D eigenvalue weighted by Gasteiger charge is -2.34. The first-order valence-electron chi connectivity index (χ1n) is 9.29. The van der Waals surface area contributed by atoms with Gasteiger partial charge in [-0.05, 0) is 49.4 Å². The number of piperidine rings is 1. The van der Waals surface area contributed by atoms with Crippen molar-refractivity contribution in [2.75, 3.05) is 40.3 Å². The molecule has 1 aromatic carbocycles. The Bertz CT molecular complexity index is 699. The van der Waals surface area contributed by atoms with Crippen molar-refractivity contribution in [2.45, 2.75) is 19.3 Å². The maximum absolute atomic E-state index is 12.4. The summed E-state index contributed by atoms with van der Waals surface area (Å²) in [7, 11) is 3.60. The predicted octanol–water partition coefficient (Wildman–Crippen LogP) is 3.31. The number of hydrogen-bond acceptors (Lipinski definition) is 4. The molecule has 2 heterocycles. The van der Waals surface area contributed by atoms with Gasteiger partial charge in [0.2, 0.25) is 0 Å². The third-order valence-corrected chi connectivity index (χ3v) is 5.14. The first-order valence-corrected chi connectivity index (χ1v) is 9.29. The van der Waals surface area contributed by atoms with Crippen LogP contribution in [0, 0.1) is 5.92 Å². The largest absolute Gasteiger partial charge is 0.496 e. The fraction of sp³-hybridized carbons (Fsp3) is 0.476. The summed E-state index contributed by atoms with van der Waals surface area (Å²) in [6.07, 6.45) is 6.40. The molecule has 0 radical (unpaired) electrons. The molecule has 0 bridgehead atoms. The smallest absolute Gasteiger partial charge is 0.256 e. The molecule has 0 spiro atoms. The molecule has 26 heavy (non-hydrogen) atoms. The van der Waals surface area contributed by atoms with Crippen molar-refractivity contribution in [1.29, 1.82) is 0 Å². The van der Waals surface area contributed by atoms with E-state index in [4.69, 9.17) is 9.15 Å². The minimum absolute atomic E-state index is 0.0323. The molecule has 5 nitrogen and oxygen atoms in total. The number of rotatable bonds is 7.